The van der Waals surface area contributed by atoms with Crippen molar-refractivity contribution in [2.75, 3.05) is 32.7 Å². The molecule has 4 N–H and O–H groups in total. The molecule has 5 nitrogen and oxygen atoms in total. The standard InChI is InChI=1S/C15H25N5.ClH/c1-15(10-16)4-6-20(11-15)9-13-8-18-19-14(13)12-3-2-5-17-7-12;/h2-3,5,7,13-14,18-19H,4,6,8-11,16H2,1H3;1H. The van der Waals surface area contributed by atoms with E-state index in [1.54, 1.807) is 0 Å². The Hall–Kier alpha value is -0.720. The fourth-order valence-corrected chi connectivity index (χ4v) is 3.40. The van der Waals surface area contributed by atoms with Crippen LogP contribution in [-0.2, 0) is 0 Å². The summed E-state index contributed by atoms with van der Waals surface area (Å²) in [4.78, 5) is 6.80. The van der Waals surface area contributed by atoms with Crippen LogP contribution in [0.25, 0.3) is 0 Å². The molecule has 3 atom stereocenters. The van der Waals surface area contributed by atoms with Gasteiger partial charge < -0.3 is 10.6 Å². The summed E-state index contributed by atoms with van der Waals surface area (Å²) in [5, 5.41) is 0. The molecule has 0 spiro atoms. The molecule has 0 aliphatic carbocycles. The van der Waals surface area contributed by atoms with Gasteiger partial charge in [0.2, 0.25) is 0 Å². The van der Waals surface area contributed by atoms with Gasteiger partial charge in [0, 0.05) is 37.9 Å². The van der Waals surface area contributed by atoms with Crippen molar-refractivity contribution in [3.05, 3.63) is 30.1 Å². The van der Waals surface area contributed by atoms with Crippen molar-refractivity contribution in [3.8, 4) is 0 Å². The van der Waals surface area contributed by atoms with E-state index in [1.165, 1.54) is 18.5 Å². The smallest absolute Gasteiger partial charge is 0.0530 e. The minimum atomic E-state index is 0. The minimum Gasteiger partial charge on any atom is -0.330 e. The summed E-state index contributed by atoms with van der Waals surface area (Å²) in [6.45, 7) is 7.52. The van der Waals surface area contributed by atoms with E-state index in [0.29, 0.717) is 17.4 Å². The van der Waals surface area contributed by atoms with Gasteiger partial charge in [0.15, 0.2) is 0 Å². The third-order valence-corrected chi connectivity index (χ3v) is 4.76. The highest BCUT2D eigenvalue weighted by atomic mass is 35.5. The molecule has 0 bridgehead atoms. The van der Waals surface area contributed by atoms with Crippen LogP contribution in [0.3, 0.4) is 0 Å². The van der Waals surface area contributed by atoms with Gasteiger partial charge in [-0.2, -0.15) is 0 Å². The molecule has 0 saturated carbocycles. The van der Waals surface area contributed by atoms with Crippen molar-refractivity contribution in [2.45, 2.75) is 19.4 Å². The van der Waals surface area contributed by atoms with E-state index in [1.807, 2.05) is 18.5 Å². The highest BCUT2D eigenvalue weighted by molar-refractivity contribution is 5.85. The lowest BCUT2D eigenvalue weighted by atomic mass is 9.90. The molecule has 118 valence electrons. The largest absolute Gasteiger partial charge is 0.330 e. The summed E-state index contributed by atoms with van der Waals surface area (Å²) in [5.41, 5.74) is 14.2. The van der Waals surface area contributed by atoms with Crippen molar-refractivity contribution in [2.24, 2.45) is 17.1 Å². The Bertz CT molecular complexity index is 443. The maximum Gasteiger partial charge on any atom is 0.0530 e. The number of rotatable bonds is 4. The third-order valence-electron chi connectivity index (χ3n) is 4.76. The first kappa shape index (κ1) is 16.6. The topological polar surface area (TPSA) is 66.2 Å². The Balaban J connectivity index is 0.00000161. The number of halogens is 1. The first-order valence-corrected chi connectivity index (χ1v) is 7.51. The Morgan fingerprint density at radius 1 is 1.52 bits per heavy atom. The molecule has 21 heavy (non-hydrogen) atoms. The molecule has 2 aliphatic heterocycles. The van der Waals surface area contributed by atoms with Gasteiger partial charge in [-0.25, -0.2) is 5.43 Å². The number of nitrogens with zero attached hydrogens (tertiary/aromatic N) is 2. The summed E-state index contributed by atoms with van der Waals surface area (Å²) < 4.78 is 0. The lowest BCUT2D eigenvalue weighted by Gasteiger charge is -2.26. The molecular weight excluding hydrogens is 286 g/mol. The number of hydrogen-bond acceptors (Lipinski definition) is 5. The molecule has 3 rings (SSSR count). The predicted octanol–water partition coefficient (Wildman–Crippen LogP) is 0.939. The molecule has 3 heterocycles. The SMILES string of the molecule is CC1(CN)CCN(CC2CNNC2c2cccnc2)C1.Cl. The lowest BCUT2D eigenvalue weighted by Crippen LogP contribution is -2.35. The summed E-state index contributed by atoms with van der Waals surface area (Å²) in [6, 6.07) is 4.51. The van der Waals surface area contributed by atoms with Gasteiger partial charge in [0.25, 0.3) is 0 Å². The van der Waals surface area contributed by atoms with Crippen LogP contribution in [0, 0.1) is 11.3 Å². The van der Waals surface area contributed by atoms with Crippen molar-refractivity contribution in [3.63, 3.8) is 0 Å². The molecule has 1 aromatic heterocycles. The average Bonchev–Trinajstić information content (AvgIpc) is 3.08. The van der Waals surface area contributed by atoms with Crippen LogP contribution in [0.15, 0.2) is 24.5 Å². The second-order valence-corrected chi connectivity index (χ2v) is 6.55. The fraction of sp³-hybridized carbons (Fsp3) is 0.667. The normalized spacial score (nSPS) is 33.0. The van der Waals surface area contributed by atoms with Crippen molar-refractivity contribution in [1.29, 1.82) is 0 Å². The zero-order valence-electron chi connectivity index (χ0n) is 12.6. The highest BCUT2D eigenvalue weighted by Crippen LogP contribution is 2.31. The van der Waals surface area contributed by atoms with Crippen molar-refractivity contribution < 1.29 is 0 Å². The molecule has 2 saturated heterocycles. The van der Waals surface area contributed by atoms with E-state index >= 15 is 0 Å². The van der Waals surface area contributed by atoms with E-state index in [4.69, 9.17) is 5.73 Å². The fourth-order valence-electron chi connectivity index (χ4n) is 3.40. The first-order valence-electron chi connectivity index (χ1n) is 7.51. The number of hydrogen-bond donors (Lipinski definition) is 3. The zero-order chi connectivity index (χ0) is 14.0. The van der Waals surface area contributed by atoms with E-state index < -0.39 is 0 Å². The molecule has 1 aromatic rings. The first-order chi connectivity index (χ1) is 9.70. The summed E-state index contributed by atoms with van der Waals surface area (Å²) in [7, 11) is 0. The Morgan fingerprint density at radius 2 is 2.38 bits per heavy atom. The maximum atomic E-state index is 5.90. The monoisotopic (exact) mass is 311 g/mol. The predicted molar refractivity (Wildman–Crippen MR) is 87.1 cm³/mol. The Kier molecular flexibility index (Phi) is 5.57. The molecule has 0 aromatic carbocycles. The number of aromatic nitrogens is 1. The van der Waals surface area contributed by atoms with Crippen LogP contribution in [-0.4, -0.2) is 42.6 Å². The second kappa shape index (κ2) is 7.03. The molecule has 2 aliphatic rings. The molecule has 0 amide bonds. The third kappa shape index (κ3) is 3.73. The number of nitrogens with one attached hydrogen (secondary N) is 2. The number of hydrazine groups is 1. The molecule has 6 heteroatoms. The maximum absolute atomic E-state index is 5.90. The van der Waals surface area contributed by atoms with Crippen LogP contribution < -0.4 is 16.6 Å². The highest BCUT2D eigenvalue weighted by Gasteiger charge is 2.36. The van der Waals surface area contributed by atoms with Gasteiger partial charge in [-0.3, -0.25) is 10.4 Å². The van der Waals surface area contributed by atoms with E-state index in [0.717, 1.165) is 26.2 Å². The average molecular weight is 312 g/mol. The molecule has 0 radical (unpaired) electrons. The van der Waals surface area contributed by atoms with E-state index in [9.17, 15) is 0 Å². The van der Waals surface area contributed by atoms with Crippen LogP contribution in [0.1, 0.15) is 24.9 Å². The van der Waals surface area contributed by atoms with Crippen molar-refractivity contribution in [1.82, 2.24) is 20.7 Å². The summed E-state index contributed by atoms with van der Waals surface area (Å²) in [6.07, 6.45) is 5.01. The van der Waals surface area contributed by atoms with Crippen LogP contribution in [0.4, 0.5) is 0 Å². The van der Waals surface area contributed by atoms with Gasteiger partial charge in [-0.15, -0.1) is 12.4 Å². The van der Waals surface area contributed by atoms with Gasteiger partial charge in [0.05, 0.1) is 6.04 Å². The van der Waals surface area contributed by atoms with E-state index in [-0.39, 0.29) is 12.4 Å². The number of nitrogens with two attached hydrogens (primary N) is 1. The summed E-state index contributed by atoms with van der Waals surface area (Å²) >= 11 is 0. The van der Waals surface area contributed by atoms with Crippen molar-refractivity contribution >= 4 is 12.4 Å². The second-order valence-electron chi connectivity index (χ2n) is 6.55. The quantitative estimate of drug-likeness (QED) is 0.772. The van der Waals surface area contributed by atoms with Crippen LogP contribution >= 0.6 is 12.4 Å². The minimum absolute atomic E-state index is 0. The van der Waals surface area contributed by atoms with Gasteiger partial charge in [0.1, 0.15) is 0 Å². The lowest BCUT2D eigenvalue weighted by molar-refractivity contribution is 0.238. The Labute approximate surface area is 133 Å². The number of pyridine rings is 1. The molecular formula is C15H26ClN5. The Morgan fingerprint density at radius 3 is 3.05 bits per heavy atom. The van der Waals surface area contributed by atoms with E-state index in [2.05, 4.69) is 33.7 Å². The van der Waals surface area contributed by atoms with Gasteiger partial charge in [-0.1, -0.05) is 13.0 Å². The van der Waals surface area contributed by atoms with Gasteiger partial charge in [-0.05, 0) is 36.6 Å². The zero-order valence-corrected chi connectivity index (χ0v) is 13.4. The van der Waals surface area contributed by atoms with Gasteiger partial charge >= 0.3 is 0 Å². The molecule has 3 unspecified atom stereocenters. The van der Waals surface area contributed by atoms with Crippen LogP contribution in [0.5, 0.6) is 0 Å². The number of likely N-dealkylation sites (tertiary alicyclic amines) is 1. The molecule has 2 fully saturated rings. The summed E-state index contributed by atoms with van der Waals surface area (Å²) in [5.74, 6) is 0.583. The van der Waals surface area contributed by atoms with Crippen LogP contribution in [0.2, 0.25) is 0 Å².